The largest absolute Gasteiger partial charge is 0.382 e. The van der Waals surface area contributed by atoms with Gasteiger partial charge in [-0.2, -0.15) is 0 Å². The Morgan fingerprint density at radius 2 is 1.76 bits per heavy atom. The third-order valence-corrected chi connectivity index (χ3v) is 14.7. The minimum atomic E-state index is -0.633. The van der Waals surface area contributed by atoms with Crippen LogP contribution in [0.1, 0.15) is 137 Å². The zero-order valence-corrected chi connectivity index (χ0v) is 38.5. The molecule has 3 aliphatic rings. The number of unbranched alkanes of at least 4 members (excludes halogenated alkanes) is 3. The maximum atomic E-state index is 13.8. The van der Waals surface area contributed by atoms with Gasteiger partial charge in [-0.15, -0.1) is 11.8 Å². The van der Waals surface area contributed by atoms with Gasteiger partial charge in [-0.1, -0.05) is 57.7 Å². The Bertz CT molecular complexity index is 2070. The highest BCUT2D eigenvalue weighted by Gasteiger charge is 2.52. The Kier molecular flexibility index (Phi) is 16.5. The second-order valence-corrected chi connectivity index (χ2v) is 19.4. The monoisotopic (exact) mass is 875 g/mol. The summed E-state index contributed by atoms with van der Waals surface area (Å²) in [6.07, 6.45) is 12.5. The predicted molar refractivity (Wildman–Crippen MR) is 245 cm³/mol. The molecular formula is C47H70N8O6S. The molecule has 15 heteroatoms. The summed E-state index contributed by atoms with van der Waals surface area (Å²) in [5, 5.41) is 10.3. The van der Waals surface area contributed by atoms with Crippen LogP contribution in [-0.2, 0) is 41.9 Å². The minimum Gasteiger partial charge on any atom is -0.382 e. The third-order valence-electron chi connectivity index (χ3n) is 13.5. The average Bonchev–Trinajstić information content (AvgIpc) is 3.61. The summed E-state index contributed by atoms with van der Waals surface area (Å²) in [4.78, 5) is 76.3. The Balaban J connectivity index is 0.880. The van der Waals surface area contributed by atoms with Gasteiger partial charge in [0.2, 0.25) is 23.6 Å². The number of nitrogens with one attached hydrogen (secondary N) is 3. The molecule has 62 heavy (non-hydrogen) atoms. The number of nitrogens with zero attached hydrogens (tertiary/aromatic N) is 4. The Morgan fingerprint density at radius 3 is 2.53 bits per heavy atom. The highest BCUT2D eigenvalue weighted by atomic mass is 32.2. The van der Waals surface area contributed by atoms with Crippen molar-refractivity contribution in [3.63, 3.8) is 0 Å². The molecule has 340 valence electrons. The fraction of sp³-hybridized carbons (Fsp3) is 0.681. The quantitative estimate of drug-likeness (QED) is 0.0629. The lowest BCUT2D eigenvalue weighted by molar-refractivity contribution is -0.141. The number of likely N-dealkylation sites (tertiary alicyclic amines) is 1. The van der Waals surface area contributed by atoms with Crippen molar-refractivity contribution in [2.45, 2.75) is 167 Å². The first-order valence-electron chi connectivity index (χ1n) is 23.3. The van der Waals surface area contributed by atoms with E-state index in [-0.39, 0.29) is 47.3 Å². The fourth-order valence-corrected chi connectivity index (χ4v) is 11.3. The summed E-state index contributed by atoms with van der Waals surface area (Å²) in [7, 11) is 0. The van der Waals surface area contributed by atoms with E-state index < -0.39 is 10.8 Å². The first-order valence-corrected chi connectivity index (χ1v) is 24.3. The summed E-state index contributed by atoms with van der Waals surface area (Å²) in [6.45, 7) is 12.3. The molecule has 5 N–H and O–H groups in total. The highest BCUT2D eigenvalue weighted by molar-refractivity contribution is 8.01. The molecule has 14 nitrogen and oxygen atoms in total. The van der Waals surface area contributed by atoms with Gasteiger partial charge in [0.1, 0.15) is 17.9 Å². The Labute approximate surface area is 371 Å². The number of pyridine rings is 1. The van der Waals surface area contributed by atoms with Crippen LogP contribution in [0.5, 0.6) is 0 Å². The molecule has 3 fully saturated rings. The zero-order valence-electron chi connectivity index (χ0n) is 37.7. The number of fused-ring (bicyclic) bond motifs is 4. The number of hydrogen-bond acceptors (Lipinski definition) is 11. The number of nitrogen functional groups attached to an aromatic ring is 1. The fourth-order valence-electron chi connectivity index (χ4n) is 10.3. The van der Waals surface area contributed by atoms with Gasteiger partial charge in [-0.3, -0.25) is 28.9 Å². The third kappa shape index (κ3) is 11.0. The smallest absolute Gasteiger partial charge is 0.242 e. The number of amides is 4. The first-order chi connectivity index (χ1) is 29.8. The number of para-hydroxylation sites is 1. The van der Waals surface area contributed by atoms with Crippen LogP contribution in [0, 0.1) is 11.3 Å². The molecule has 0 spiro atoms. The molecule has 6 rings (SSSR count). The molecule has 4 amide bonds. The number of aromatic nitrogens is 3. The number of imidazole rings is 1. The van der Waals surface area contributed by atoms with Crippen molar-refractivity contribution < 1.29 is 28.7 Å². The molecule has 2 aliphatic heterocycles. The van der Waals surface area contributed by atoms with Gasteiger partial charge in [0, 0.05) is 55.9 Å². The van der Waals surface area contributed by atoms with Crippen LogP contribution in [-0.4, -0.2) is 97.2 Å². The van der Waals surface area contributed by atoms with E-state index in [1.807, 2.05) is 45.0 Å². The van der Waals surface area contributed by atoms with Crippen molar-refractivity contribution in [1.82, 2.24) is 35.4 Å². The summed E-state index contributed by atoms with van der Waals surface area (Å²) >= 11 is 1.22. The maximum absolute atomic E-state index is 13.8. The SMILES string of the molecule is CCOCc1nc2c(N)nc3ccccc3c2n1CC(C)(C)NC(=O)CCCCCN1C(=O)CC(SCC(=O)NCCCCC2NC3CCCCCC3C(CC)(CC)C2=O)C1=O. The standard InChI is InChI=1S/C47H70N8O6S/c1-6-47(7-2)32-20-11-9-12-22-34(32)50-35(43(47)59)23-16-17-25-49-39(57)29-62-36-27-40(58)54(45(36)60)26-18-10-13-24-38(56)53-46(4,5)30-55-37(28-61-8-3)52-41-42(55)31-19-14-15-21-33(31)51-44(41)48/h14-15,19,21,32,34-36,50H,6-13,16-18,20,22-30H2,1-5H3,(H2,48,51)(H,49,57)(H,53,56). The molecule has 4 heterocycles. The number of Topliss-reactive ketones (excluding diaryl/α,β-unsaturated/α-hetero) is 1. The normalized spacial score (nSPS) is 21.7. The molecule has 0 radical (unpaired) electrons. The van der Waals surface area contributed by atoms with E-state index in [0.717, 1.165) is 61.4 Å². The van der Waals surface area contributed by atoms with Gasteiger partial charge in [0.15, 0.2) is 11.6 Å². The molecule has 1 aromatic carbocycles. The van der Waals surface area contributed by atoms with Crippen LogP contribution < -0.4 is 21.7 Å². The van der Waals surface area contributed by atoms with Crippen molar-refractivity contribution in [2.75, 3.05) is 31.2 Å². The predicted octanol–water partition coefficient (Wildman–Crippen LogP) is 6.60. The average molecular weight is 875 g/mol. The second-order valence-electron chi connectivity index (χ2n) is 18.2. The lowest BCUT2D eigenvalue weighted by atomic mass is 9.60. The maximum Gasteiger partial charge on any atom is 0.242 e. The number of carbonyl (C=O) groups is 5. The van der Waals surface area contributed by atoms with Gasteiger partial charge in [0.25, 0.3) is 0 Å². The number of imide groups is 1. The number of anilines is 1. The van der Waals surface area contributed by atoms with E-state index in [1.165, 1.54) is 35.9 Å². The van der Waals surface area contributed by atoms with E-state index in [2.05, 4.69) is 39.3 Å². The van der Waals surface area contributed by atoms with Crippen LogP contribution >= 0.6 is 11.8 Å². The van der Waals surface area contributed by atoms with Crippen LogP contribution in [0.3, 0.4) is 0 Å². The van der Waals surface area contributed by atoms with E-state index in [9.17, 15) is 24.0 Å². The van der Waals surface area contributed by atoms with Gasteiger partial charge in [-0.25, -0.2) is 9.97 Å². The Morgan fingerprint density at radius 1 is 0.984 bits per heavy atom. The number of piperidine rings is 1. The van der Waals surface area contributed by atoms with Crippen molar-refractivity contribution in [3.05, 3.63) is 30.1 Å². The van der Waals surface area contributed by atoms with Gasteiger partial charge in [-0.05, 0) is 90.5 Å². The van der Waals surface area contributed by atoms with E-state index in [4.69, 9.17) is 15.5 Å². The summed E-state index contributed by atoms with van der Waals surface area (Å²) in [6, 6.07) is 8.09. The van der Waals surface area contributed by atoms with E-state index >= 15 is 0 Å². The summed E-state index contributed by atoms with van der Waals surface area (Å²) in [5.74, 6) is 1.28. The van der Waals surface area contributed by atoms with E-state index in [0.29, 0.717) is 93.4 Å². The molecule has 4 unspecified atom stereocenters. The molecule has 1 saturated carbocycles. The van der Waals surface area contributed by atoms with Crippen LogP contribution in [0.4, 0.5) is 5.82 Å². The van der Waals surface area contributed by atoms with Crippen molar-refractivity contribution in [1.29, 1.82) is 0 Å². The second kappa shape index (κ2) is 21.5. The molecule has 2 aromatic heterocycles. The van der Waals surface area contributed by atoms with Crippen molar-refractivity contribution in [2.24, 2.45) is 11.3 Å². The van der Waals surface area contributed by atoms with Crippen LogP contribution in [0.15, 0.2) is 24.3 Å². The number of carbonyl (C=O) groups excluding carboxylic acids is 5. The van der Waals surface area contributed by atoms with Gasteiger partial charge < -0.3 is 31.0 Å². The van der Waals surface area contributed by atoms with Crippen molar-refractivity contribution in [3.8, 4) is 0 Å². The first kappa shape index (κ1) is 47.4. The minimum absolute atomic E-state index is 0.0843. The van der Waals surface area contributed by atoms with Crippen LogP contribution in [0.25, 0.3) is 21.9 Å². The zero-order chi connectivity index (χ0) is 44.4. The number of ketones is 1. The van der Waals surface area contributed by atoms with Gasteiger partial charge >= 0.3 is 0 Å². The molecule has 2 saturated heterocycles. The number of benzene rings is 1. The summed E-state index contributed by atoms with van der Waals surface area (Å²) in [5.41, 5.74) is 7.73. The van der Waals surface area contributed by atoms with Gasteiger partial charge in [0.05, 0.1) is 33.6 Å². The number of thioether (sulfide) groups is 1. The number of hydrogen-bond donors (Lipinski definition) is 4. The molecule has 3 aromatic rings. The lowest BCUT2D eigenvalue weighted by Gasteiger charge is -2.50. The number of ether oxygens (including phenoxy) is 1. The molecule has 1 aliphatic carbocycles. The molecular weight excluding hydrogens is 805 g/mol. The number of nitrogens with two attached hydrogens (primary N) is 1. The topological polar surface area (TPSA) is 191 Å². The Hall–Kier alpha value is -4.08. The van der Waals surface area contributed by atoms with Crippen molar-refractivity contribution >= 4 is 68.9 Å². The summed E-state index contributed by atoms with van der Waals surface area (Å²) < 4.78 is 7.82. The number of rotatable bonds is 22. The molecule has 0 bridgehead atoms. The molecule has 4 atom stereocenters. The van der Waals surface area contributed by atoms with E-state index in [1.54, 1.807) is 0 Å². The lowest BCUT2D eigenvalue weighted by Crippen LogP contribution is -2.62. The highest BCUT2D eigenvalue weighted by Crippen LogP contribution is 2.47. The van der Waals surface area contributed by atoms with Crippen LogP contribution in [0.2, 0.25) is 0 Å².